The van der Waals surface area contributed by atoms with Gasteiger partial charge in [-0.3, -0.25) is 4.79 Å². The molecule has 3 nitrogen and oxygen atoms in total. The maximum atomic E-state index is 11.9. The molecule has 0 aromatic heterocycles. The number of benzene rings is 1. The van der Waals surface area contributed by atoms with E-state index in [1.54, 1.807) is 6.07 Å². The van der Waals surface area contributed by atoms with E-state index in [0.717, 1.165) is 14.5 Å². The summed E-state index contributed by atoms with van der Waals surface area (Å²) >= 11 is 5.46. The van der Waals surface area contributed by atoms with Gasteiger partial charge < -0.3 is 10.4 Å². The molecule has 0 aliphatic heterocycles. The topological polar surface area (TPSA) is 49.3 Å². The lowest BCUT2D eigenvalue weighted by Crippen LogP contribution is -2.32. The quantitative estimate of drug-likeness (QED) is 0.732. The van der Waals surface area contributed by atoms with E-state index in [1.807, 2.05) is 19.1 Å². The molecule has 1 atom stereocenters. The third-order valence-electron chi connectivity index (χ3n) is 2.29. The Morgan fingerprint density at radius 1 is 1.59 bits per heavy atom. The number of amides is 1. The van der Waals surface area contributed by atoms with Crippen molar-refractivity contribution in [3.8, 4) is 0 Å². The molecule has 0 aliphatic carbocycles. The summed E-state index contributed by atoms with van der Waals surface area (Å²) in [6, 6.07) is 5.55. The highest BCUT2D eigenvalue weighted by Crippen LogP contribution is 2.18. The molecule has 0 heterocycles. The SMILES string of the molecule is CCCC(O)CNC(=O)c1cc(Br)ccc1I. The van der Waals surface area contributed by atoms with Gasteiger partial charge in [0.05, 0.1) is 11.7 Å². The number of hydrogen-bond donors (Lipinski definition) is 2. The third kappa shape index (κ3) is 4.93. The van der Waals surface area contributed by atoms with Crippen molar-refractivity contribution in [1.29, 1.82) is 0 Å². The van der Waals surface area contributed by atoms with Crippen molar-refractivity contribution >= 4 is 44.4 Å². The van der Waals surface area contributed by atoms with Crippen LogP contribution < -0.4 is 5.32 Å². The molecule has 17 heavy (non-hydrogen) atoms. The van der Waals surface area contributed by atoms with Crippen molar-refractivity contribution in [2.45, 2.75) is 25.9 Å². The Hall–Kier alpha value is -0.140. The van der Waals surface area contributed by atoms with E-state index in [-0.39, 0.29) is 5.91 Å². The molecule has 5 heteroatoms. The molecule has 1 rings (SSSR count). The number of carbonyl (C=O) groups excluding carboxylic acids is 1. The Labute approximate surface area is 123 Å². The normalized spacial score (nSPS) is 12.2. The van der Waals surface area contributed by atoms with E-state index in [4.69, 9.17) is 0 Å². The van der Waals surface area contributed by atoms with E-state index in [1.165, 1.54) is 0 Å². The van der Waals surface area contributed by atoms with Crippen LogP contribution in [0.3, 0.4) is 0 Å². The average molecular weight is 412 g/mol. The van der Waals surface area contributed by atoms with E-state index in [9.17, 15) is 9.90 Å². The Balaban J connectivity index is 2.61. The summed E-state index contributed by atoms with van der Waals surface area (Å²) in [4.78, 5) is 11.9. The van der Waals surface area contributed by atoms with Crippen LogP contribution in [0, 0.1) is 3.57 Å². The number of hydrogen-bond acceptors (Lipinski definition) is 2. The van der Waals surface area contributed by atoms with Crippen LogP contribution in [0.5, 0.6) is 0 Å². The van der Waals surface area contributed by atoms with Crippen LogP contribution in [0.25, 0.3) is 0 Å². The largest absolute Gasteiger partial charge is 0.391 e. The van der Waals surface area contributed by atoms with Gasteiger partial charge in [-0.25, -0.2) is 0 Å². The predicted molar refractivity (Wildman–Crippen MR) is 80.1 cm³/mol. The maximum Gasteiger partial charge on any atom is 0.252 e. The Morgan fingerprint density at radius 2 is 2.29 bits per heavy atom. The number of carbonyl (C=O) groups is 1. The van der Waals surface area contributed by atoms with Crippen molar-refractivity contribution in [2.24, 2.45) is 0 Å². The van der Waals surface area contributed by atoms with Gasteiger partial charge in [-0.05, 0) is 47.2 Å². The molecule has 0 bridgehead atoms. The molecule has 0 saturated heterocycles. The molecule has 1 aromatic carbocycles. The Bertz CT molecular complexity index is 398. The fraction of sp³-hybridized carbons (Fsp3) is 0.417. The molecular weight excluding hydrogens is 397 g/mol. The summed E-state index contributed by atoms with van der Waals surface area (Å²) in [6.07, 6.45) is 1.15. The second-order valence-corrected chi connectivity index (χ2v) is 5.85. The molecule has 0 aliphatic rings. The van der Waals surface area contributed by atoms with Gasteiger partial charge in [-0.15, -0.1) is 0 Å². The van der Waals surface area contributed by atoms with Crippen molar-refractivity contribution < 1.29 is 9.90 Å². The third-order valence-corrected chi connectivity index (χ3v) is 3.73. The summed E-state index contributed by atoms with van der Waals surface area (Å²) in [5, 5.41) is 12.3. The predicted octanol–water partition coefficient (Wildman–Crippen LogP) is 2.94. The van der Waals surface area contributed by atoms with Crippen LogP contribution >= 0.6 is 38.5 Å². The molecule has 0 radical (unpaired) electrons. The average Bonchev–Trinajstić information content (AvgIpc) is 2.29. The van der Waals surface area contributed by atoms with Gasteiger partial charge in [0.2, 0.25) is 0 Å². The molecule has 1 unspecified atom stereocenters. The lowest BCUT2D eigenvalue weighted by molar-refractivity contribution is 0.0909. The van der Waals surface area contributed by atoms with Crippen molar-refractivity contribution in [3.63, 3.8) is 0 Å². The first-order valence-corrected chi connectivity index (χ1v) is 7.33. The van der Waals surface area contributed by atoms with Crippen LogP contribution in [0.4, 0.5) is 0 Å². The Morgan fingerprint density at radius 3 is 2.94 bits per heavy atom. The summed E-state index contributed by atoms with van der Waals surface area (Å²) in [7, 11) is 0. The van der Waals surface area contributed by atoms with Gasteiger partial charge in [0.15, 0.2) is 0 Å². The zero-order valence-corrected chi connectivity index (χ0v) is 13.3. The van der Waals surface area contributed by atoms with Gasteiger partial charge >= 0.3 is 0 Å². The first kappa shape index (κ1) is 14.9. The number of aliphatic hydroxyl groups is 1. The van der Waals surface area contributed by atoms with Crippen LogP contribution in [0.15, 0.2) is 22.7 Å². The van der Waals surface area contributed by atoms with Gasteiger partial charge in [-0.1, -0.05) is 29.3 Å². The smallest absolute Gasteiger partial charge is 0.252 e. The zero-order chi connectivity index (χ0) is 12.8. The lowest BCUT2D eigenvalue weighted by Gasteiger charge is -2.11. The first-order valence-electron chi connectivity index (χ1n) is 5.46. The van der Waals surface area contributed by atoms with Crippen molar-refractivity contribution in [1.82, 2.24) is 5.32 Å². The first-order chi connectivity index (χ1) is 8.04. The maximum absolute atomic E-state index is 11.9. The minimum absolute atomic E-state index is 0.147. The number of aliphatic hydroxyl groups excluding tert-OH is 1. The zero-order valence-electron chi connectivity index (χ0n) is 9.54. The van der Waals surface area contributed by atoms with Crippen molar-refractivity contribution in [3.05, 3.63) is 31.8 Å². The summed E-state index contributed by atoms with van der Waals surface area (Å²) in [6.45, 7) is 2.30. The fourth-order valence-corrected chi connectivity index (χ4v) is 2.35. The van der Waals surface area contributed by atoms with E-state index in [0.29, 0.717) is 18.5 Å². The van der Waals surface area contributed by atoms with Gasteiger partial charge in [0.25, 0.3) is 5.91 Å². The summed E-state index contributed by atoms with van der Waals surface area (Å²) in [5.41, 5.74) is 0.628. The van der Waals surface area contributed by atoms with Gasteiger partial charge in [0, 0.05) is 14.6 Å². The van der Waals surface area contributed by atoms with Crippen molar-refractivity contribution in [2.75, 3.05) is 6.54 Å². The second-order valence-electron chi connectivity index (χ2n) is 3.78. The van der Waals surface area contributed by atoms with Crippen LogP contribution in [0.2, 0.25) is 0 Å². The number of rotatable bonds is 5. The Kier molecular flexibility index (Phi) is 6.43. The summed E-state index contributed by atoms with van der Waals surface area (Å²) in [5.74, 6) is -0.147. The standard InChI is InChI=1S/C12H15BrINO2/c1-2-3-9(16)7-15-12(17)10-6-8(13)4-5-11(10)14/h4-6,9,16H,2-3,7H2,1H3,(H,15,17). The molecule has 0 saturated carbocycles. The van der Waals surface area contributed by atoms with Gasteiger partial charge in [-0.2, -0.15) is 0 Å². The minimum Gasteiger partial charge on any atom is -0.391 e. The van der Waals surface area contributed by atoms with Crippen LogP contribution in [-0.2, 0) is 0 Å². The molecule has 0 spiro atoms. The van der Waals surface area contributed by atoms with Gasteiger partial charge in [0.1, 0.15) is 0 Å². The van der Waals surface area contributed by atoms with Crippen LogP contribution in [-0.4, -0.2) is 23.7 Å². The molecule has 0 fully saturated rings. The molecule has 1 aromatic rings. The molecular formula is C12H15BrINO2. The number of halogens is 2. The minimum atomic E-state index is -0.464. The number of nitrogens with one attached hydrogen (secondary N) is 1. The second kappa shape index (κ2) is 7.33. The summed E-state index contributed by atoms with van der Waals surface area (Å²) < 4.78 is 1.77. The lowest BCUT2D eigenvalue weighted by atomic mass is 10.2. The highest BCUT2D eigenvalue weighted by molar-refractivity contribution is 14.1. The highest BCUT2D eigenvalue weighted by Gasteiger charge is 2.11. The fourth-order valence-electron chi connectivity index (χ4n) is 1.41. The van der Waals surface area contributed by atoms with E-state index >= 15 is 0 Å². The molecule has 2 N–H and O–H groups in total. The molecule has 94 valence electrons. The highest BCUT2D eigenvalue weighted by atomic mass is 127. The molecule has 1 amide bonds. The van der Waals surface area contributed by atoms with E-state index < -0.39 is 6.10 Å². The monoisotopic (exact) mass is 411 g/mol. The van der Waals surface area contributed by atoms with E-state index in [2.05, 4.69) is 43.8 Å². The van der Waals surface area contributed by atoms with Crippen LogP contribution in [0.1, 0.15) is 30.1 Å².